The van der Waals surface area contributed by atoms with Crippen LogP contribution in [0.1, 0.15) is 173 Å². The molecular formula is C59H80O7. The SMILES string of the molecule is C[C@H](CCCc1ccccc1)CC[C@H](O)[C@]12[C@@H]([C@H]3C[C@](C)(C#CCCC(=O)O3)[C@]1(O)CCC1=CC(=O)OC1)[C@](C)(C1CCC3(CC1)C[C@@H](CCc1ccccc1)C1(CCCC1)C3)CC[C@@H]2O. The fraction of sp³-hybridized carbons (Fsp3) is 0.695. The molecule has 66 heavy (non-hydrogen) atoms. The van der Waals surface area contributed by atoms with E-state index in [4.69, 9.17) is 9.47 Å². The van der Waals surface area contributed by atoms with Gasteiger partial charge in [0.2, 0.25) is 0 Å². The summed E-state index contributed by atoms with van der Waals surface area (Å²) < 4.78 is 12.1. The number of carbonyl (C=O) groups is 2. The molecule has 5 aliphatic carbocycles. The van der Waals surface area contributed by atoms with Crippen LogP contribution in [-0.2, 0) is 31.9 Å². The highest BCUT2D eigenvalue weighted by Gasteiger charge is 2.78. The average Bonchev–Trinajstić information content (AvgIpc) is 4.05. The molecule has 0 aromatic heterocycles. The summed E-state index contributed by atoms with van der Waals surface area (Å²) >= 11 is 0. The summed E-state index contributed by atoms with van der Waals surface area (Å²) in [5.74, 6) is 6.99. The molecule has 2 bridgehead atoms. The van der Waals surface area contributed by atoms with Crippen LogP contribution in [-0.4, -0.2) is 57.8 Å². The molecule has 2 aromatic rings. The predicted molar refractivity (Wildman–Crippen MR) is 259 cm³/mol. The van der Waals surface area contributed by atoms with E-state index < -0.39 is 46.1 Å². The zero-order chi connectivity index (χ0) is 46.2. The van der Waals surface area contributed by atoms with Crippen molar-refractivity contribution in [2.45, 2.75) is 199 Å². The van der Waals surface area contributed by atoms with E-state index in [2.05, 4.69) is 86.4 Å². The molecule has 2 aliphatic heterocycles. The number of aliphatic hydroxyl groups is 3. The molecule has 7 nitrogen and oxygen atoms in total. The zero-order valence-corrected chi connectivity index (χ0v) is 40.5. The van der Waals surface area contributed by atoms with Gasteiger partial charge in [-0.15, -0.1) is 5.92 Å². The number of aryl methyl sites for hydroxylation is 2. The van der Waals surface area contributed by atoms with E-state index in [-0.39, 0.29) is 37.3 Å². The van der Waals surface area contributed by atoms with Crippen molar-refractivity contribution in [1.29, 1.82) is 0 Å². The summed E-state index contributed by atoms with van der Waals surface area (Å²) in [6, 6.07) is 21.7. The van der Waals surface area contributed by atoms with Gasteiger partial charge in [-0.3, -0.25) is 4.79 Å². The number of benzene rings is 2. The van der Waals surface area contributed by atoms with Crippen molar-refractivity contribution in [2.24, 2.45) is 50.7 Å². The Morgan fingerprint density at radius 2 is 1.53 bits per heavy atom. The molecule has 0 radical (unpaired) electrons. The van der Waals surface area contributed by atoms with E-state index in [1.54, 1.807) is 0 Å². The molecule has 5 fully saturated rings. The summed E-state index contributed by atoms with van der Waals surface area (Å²) in [7, 11) is 0. The van der Waals surface area contributed by atoms with Crippen LogP contribution in [0.4, 0.5) is 0 Å². The summed E-state index contributed by atoms with van der Waals surface area (Å²) in [6.07, 6.45) is 20.6. The highest BCUT2D eigenvalue weighted by atomic mass is 16.5. The molecule has 7 heteroatoms. The van der Waals surface area contributed by atoms with Crippen LogP contribution in [0.3, 0.4) is 0 Å². The van der Waals surface area contributed by atoms with Crippen LogP contribution >= 0.6 is 0 Å². The van der Waals surface area contributed by atoms with Crippen LogP contribution in [0.5, 0.6) is 0 Å². The number of cyclic esters (lactones) is 1. The number of carbonyl (C=O) groups excluding carboxylic acids is 2. The lowest BCUT2D eigenvalue weighted by Gasteiger charge is -2.72. The van der Waals surface area contributed by atoms with Crippen LogP contribution in [0.2, 0.25) is 0 Å². The number of esters is 2. The third-order valence-electron chi connectivity index (χ3n) is 19.9. The molecule has 2 spiro atoms. The lowest BCUT2D eigenvalue weighted by atomic mass is 9.35. The highest BCUT2D eigenvalue weighted by molar-refractivity contribution is 5.85. The van der Waals surface area contributed by atoms with E-state index in [0.717, 1.165) is 62.9 Å². The van der Waals surface area contributed by atoms with Crippen LogP contribution in [0.25, 0.3) is 0 Å². The summed E-state index contributed by atoms with van der Waals surface area (Å²) in [6.45, 7) is 6.81. The van der Waals surface area contributed by atoms with E-state index >= 15 is 0 Å². The Bertz CT molecular complexity index is 2110. The van der Waals surface area contributed by atoms with Gasteiger partial charge in [-0.05, 0) is 173 Å². The van der Waals surface area contributed by atoms with Crippen LogP contribution < -0.4 is 0 Å². The van der Waals surface area contributed by atoms with Gasteiger partial charge in [0, 0.05) is 24.8 Å². The first-order valence-corrected chi connectivity index (χ1v) is 26.5. The number of hydrogen-bond donors (Lipinski definition) is 3. The van der Waals surface area contributed by atoms with Gasteiger partial charge in [0.05, 0.1) is 35.1 Å². The normalized spacial score (nSPS) is 38.0. The molecule has 7 aliphatic rings. The third-order valence-corrected chi connectivity index (χ3v) is 19.9. The van der Waals surface area contributed by atoms with Crippen molar-refractivity contribution in [2.75, 3.05) is 6.61 Å². The molecule has 9 rings (SSSR count). The smallest absolute Gasteiger partial charge is 0.331 e. The maximum Gasteiger partial charge on any atom is 0.331 e. The first kappa shape index (κ1) is 47.6. The van der Waals surface area contributed by atoms with Gasteiger partial charge in [-0.2, -0.15) is 0 Å². The van der Waals surface area contributed by atoms with Gasteiger partial charge in [0.15, 0.2) is 0 Å². The summed E-state index contributed by atoms with van der Waals surface area (Å²) in [5.41, 5.74) is -0.316. The first-order chi connectivity index (χ1) is 31.7. The molecule has 2 heterocycles. The van der Waals surface area contributed by atoms with E-state index in [1.807, 2.05) is 6.92 Å². The Labute approximate surface area is 396 Å². The zero-order valence-electron chi connectivity index (χ0n) is 40.5. The monoisotopic (exact) mass is 901 g/mol. The second-order valence-corrected chi connectivity index (χ2v) is 23.6. The molecular weight excluding hydrogens is 821 g/mol. The number of ether oxygens (including phenoxy) is 2. The number of rotatable bonds is 15. The van der Waals surface area contributed by atoms with Crippen molar-refractivity contribution >= 4 is 11.9 Å². The van der Waals surface area contributed by atoms with E-state index in [0.29, 0.717) is 48.9 Å². The van der Waals surface area contributed by atoms with Crippen molar-refractivity contribution in [3.05, 3.63) is 83.4 Å². The quantitative estimate of drug-likeness (QED) is 0.120. The maximum atomic E-state index is 14.2. The fourth-order valence-corrected chi connectivity index (χ4v) is 16.7. The average molecular weight is 901 g/mol. The third kappa shape index (κ3) is 8.76. The van der Waals surface area contributed by atoms with Gasteiger partial charge in [0.1, 0.15) is 12.7 Å². The molecule has 3 N–H and O–H groups in total. The topological polar surface area (TPSA) is 113 Å². The molecule has 0 unspecified atom stereocenters. The fourth-order valence-electron chi connectivity index (χ4n) is 16.7. The van der Waals surface area contributed by atoms with Gasteiger partial charge in [-0.1, -0.05) is 99.7 Å². The van der Waals surface area contributed by atoms with Crippen LogP contribution in [0.15, 0.2) is 72.3 Å². The lowest BCUT2D eigenvalue weighted by molar-refractivity contribution is -0.339. The standard InChI is InChI=1S/C59H80O7/c1-42(15-14-20-43-16-6-4-7-17-43)22-25-49(60)59-50(61)29-33-55(3,46-27-34-56(35-28-46)38-47(57(41-56)31-12-13-32-57)24-23-44-18-8-5-9-19-44)53(59)48-39-54(2,30-11-10-21-51(62)66-48)58(59,64)36-26-45-37-52(63)65-40-45/h4-9,16-19,37,42,46-50,53,60-61,64H,10,12-15,20-29,31-36,38-41H2,1-3H3/t42-,46?,47-,48-,49+,50+,53+,54+,55+,56?,58-,59+/m1/s1. The van der Waals surface area contributed by atoms with Crippen molar-refractivity contribution in [3.8, 4) is 11.8 Å². The molecule has 0 amide bonds. The maximum absolute atomic E-state index is 14.2. The van der Waals surface area contributed by atoms with Gasteiger partial charge in [-0.25, -0.2) is 4.79 Å². The van der Waals surface area contributed by atoms with Crippen LogP contribution in [0, 0.1) is 62.6 Å². The molecule has 5 saturated carbocycles. The Kier molecular flexibility index (Phi) is 13.8. The summed E-state index contributed by atoms with van der Waals surface area (Å²) in [4.78, 5) is 26.2. The Morgan fingerprint density at radius 1 is 0.833 bits per heavy atom. The second kappa shape index (κ2) is 19.2. The van der Waals surface area contributed by atoms with Gasteiger partial charge < -0.3 is 24.8 Å². The predicted octanol–water partition coefficient (Wildman–Crippen LogP) is 11.4. The minimum absolute atomic E-state index is 0.172. The van der Waals surface area contributed by atoms with Crippen molar-refractivity contribution in [1.82, 2.24) is 0 Å². The minimum atomic E-state index is -1.68. The lowest BCUT2D eigenvalue weighted by Crippen LogP contribution is -2.79. The van der Waals surface area contributed by atoms with Crippen molar-refractivity contribution in [3.63, 3.8) is 0 Å². The molecule has 10 atom stereocenters. The highest BCUT2D eigenvalue weighted by Crippen LogP contribution is 2.73. The summed E-state index contributed by atoms with van der Waals surface area (Å²) in [5, 5.41) is 40.7. The van der Waals surface area contributed by atoms with Crippen molar-refractivity contribution < 1.29 is 34.4 Å². The van der Waals surface area contributed by atoms with Gasteiger partial charge >= 0.3 is 11.9 Å². The molecule has 0 saturated heterocycles. The number of hydrogen-bond acceptors (Lipinski definition) is 7. The Morgan fingerprint density at radius 3 is 2.21 bits per heavy atom. The second-order valence-electron chi connectivity index (χ2n) is 23.6. The Hall–Kier alpha value is -3.44. The molecule has 358 valence electrons. The van der Waals surface area contributed by atoms with E-state index in [1.165, 1.54) is 75.0 Å². The molecule has 2 aromatic carbocycles. The van der Waals surface area contributed by atoms with Gasteiger partial charge in [0.25, 0.3) is 0 Å². The number of fused-ring (bicyclic) bond motifs is 4. The number of aliphatic hydroxyl groups excluding tert-OH is 2. The first-order valence-electron chi connectivity index (χ1n) is 26.5. The Balaban J connectivity index is 1.04. The largest absolute Gasteiger partial charge is 0.462 e. The van der Waals surface area contributed by atoms with E-state index in [9.17, 15) is 24.9 Å². The minimum Gasteiger partial charge on any atom is -0.462 e.